The molecule has 2 aromatic heterocycles. The molecule has 0 aliphatic carbocycles. The third-order valence-corrected chi connectivity index (χ3v) is 5.82. The van der Waals surface area contributed by atoms with Crippen molar-refractivity contribution in [1.29, 1.82) is 0 Å². The molecule has 4 aromatic rings. The van der Waals surface area contributed by atoms with Crippen molar-refractivity contribution in [3.8, 4) is 0 Å². The number of amides is 1. The molecule has 0 bridgehead atoms. The summed E-state index contributed by atoms with van der Waals surface area (Å²) in [6.07, 6.45) is 4.23. The zero-order valence-corrected chi connectivity index (χ0v) is 15.9. The van der Waals surface area contributed by atoms with Crippen LogP contribution in [0, 0.1) is 6.92 Å². The third-order valence-electron chi connectivity index (χ3n) is 4.61. The number of carbonyl (C=O) groups excluding carboxylic acids is 1. The molecule has 4 heteroatoms. The van der Waals surface area contributed by atoms with Gasteiger partial charge in [0.1, 0.15) is 0 Å². The minimum absolute atomic E-state index is 0.0184. The molecule has 0 saturated carbocycles. The Morgan fingerprint density at radius 1 is 0.963 bits per heavy atom. The summed E-state index contributed by atoms with van der Waals surface area (Å²) in [4.78, 5) is 17.7. The Balaban J connectivity index is 1.64. The summed E-state index contributed by atoms with van der Waals surface area (Å²) in [5.74, 6) is -0.0184. The van der Waals surface area contributed by atoms with Crippen LogP contribution in [0.2, 0.25) is 0 Å². The van der Waals surface area contributed by atoms with Crippen molar-refractivity contribution in [3.05, 3.63) is 100 Å². The largest absolute Gasteiger partial charge is 0.347 e. The van der Waals surface area contributed by atoms with Gasteiger partial charge in [-0.05, 0) is 53.6 Å². The highest BCUT2D eigenvalue weighted by Crippen LogP contribution is 2.33. The van der Waals surface area contributed by atoms with Gasteiger partial charge in [0.2, 0.25) is 0 Å². The molecule has 0 atom stereocenters. The van der Waals surface area contributed by atoms with Crippen LogP contribution in [0.25, 0.3) is 10.1 Å². The van der Waals surface area contributed by atoms with Crippen LogP contribution in [-0.2, 0) is 13.0 Å². The number of benzene rings is 2. The molecule has 2 aromatic carbocycles. The standard InChI is InChI=1S/C23H20N2OS/c1-16-6-8-17(9-7-16)14-20-19-4-2-3-5-21(19)27-22(20)23(26)25-15-18-10-12-24-13-11-18/h2-13H,14-15H2,1H3,(H,25,26). The van der Waals surface area contributed by atoms with E-state index in [-0.39, 0.29) is 5.91 Å². The van der Waals surface area contributed by atoms with Gasteiger partial charge >= 0.3 is 0 Å². The normalized spacial score (nSPS) is 10.9. The fourth-order valence-electron chi connectivity index (χ4n) is 3.13. The lowest BCUT2D eigenvalue weighted by Crippen LogP contribution is -2.22. The number of rotatable bonds is 5. The Morgan fingerprint density at radius 2 is 1.70 bits per heavy atom. The lowest BCUT2D eigenvalue weighted by molar-refractivity contribution is 0.0954. The van der Waals surface area contributed by atoms with E-state index in [0.717, 1.165) is 32.5 Å². The van der Waals surface area contributed by atoms with Crippen molar-refractivity contribution in [2.75, 3.05) is 0 Å². The number of nitrogens with zero attached hydrogens (tertiary/aromatic N) is 1. The zero-order valence-electron chi connectivity index (χ0n) is 15.1. The molecule has 2 heterocycles. The molecule has 4 rings (SSSR count). The summed E-state index contributed by atoms with van der Waals surface area (Å²) >= 11 is 1.57. The van der Waals surface area contributed by atoms with E-state index in [1.807, 2.05) is 24.3 Å². The van der Waals surface area contributed by atoms with E-state index in [2.05, 4.69) is 53.6 Å². The SMILES string of the molecule is Cc1ccc(Cc2c(C(=O)NCc3ccncc3)sc3ccccc23)cc1. The fourth-order valence-corrected chi connectivity index (χ4v) is 4.27. The highest BCUT2D eigenvalue weighted by molar-refractivity contribution is 7.21. The Bertz CT molecular complexity index is 1070. The minimum atomic E-state index is -0.0184. The monoisotopic (exact) mass is 372 g/mol. The first kappa shape index (κ1) is 17.4. The molecule has 0 aliphatic rings. The maximum absolute atomic E-state index is 12.9. The number of carbonyl (C=O) groups is 1. The average Bonchev–Trinajstić information content (AvgIpc) is 3.07. The second-order valence-corrected chi connectivity index (χ2v) is 7.66. The van der Waals surface area contributed by atoms with Gasteiger partial charge in [0.05, 0.1) is 4.88 Å². The highest BCUT2D eigenvalue weighted by Gasteiger charge is 2.18. The van der Waals surface area contributed by atoms with Gasteiger partial charge < -0.3 is 5.32 Å². The van der Waals surface area contributed by atoms with Crippen molar-refractivity contribution in [1.82, 2.24) is 10.3 Å². The molecule has 3 nitrogen and oxygen atoms in total. The summed E-state index contributed by atoms with van der Waals surface area (Å²) < 4.78 is 1.15. The zero-order chi connectivity index (χ0) is 18.6. The predicted molar refractivity (Wildman–Crippen MR) is 111 cm³/mol. The number of pyridine rings is 1. The average molecular weight is 372 g/mol. The van der Waals surface area contributed by atoms with Gasteiger partial charge in [-0.3, -0.25) is 9.78 Å². The summed E-state index contributed by atoms with van der Waals surface area (Å²) in [7, 11) is 0. The minimum Gasteiger partial charge on any atom is -0.347 e. The molecule has 0 aliphatic heterocycles. The van der Waals surface area contributed by atoms with Crippen molar-refractivity contribution in [3.63, 3.8) is 0 Å². The molecular weight excluding hydrogens is 352 g/mol. The van der Waals surface area contributed by atoms with Gasteiger partial charge in [-0.25, -0.2) is 0 Å². The van der Waals surface area contributed by atoms with E-state index < -0.39 is 0 Å². The van der Waals surface area contributed by atoms with Crippen molar-refractivity contribution < 1.29 is 4.79 Å². The molecule has 0 unspecified atom stereocenters. The number of hydrogen-bond donors (Lipinski definition) is 1. The smallest absolute Gasteiger partial charge is 0.261 e. The molecule has 27 heavy (non-hydrogen) atoms. The molecule has 1 N–H and O–H groups in total. The Hall–Kier alpha value is -2.98. The predicted octanol–water partition coefficient (Wildman–Crippen LogP) is 5.13. The van der Waals surface area contributed by atoms with E-state index in [9.17, 15) is 4.79 Å². The molecular formula is C23H20N2OS. The van der Waals surface area contributed by atoms with Crippen LogP contribution < -0.4 is 5.32 Å². The van der Waals surface area contributed by atoms with E-state index in [0.29, 0.717) is 6.54 Å². The van der Waals surface area contributed by atoms with Gasteiger partial charge in [-0.1, -0.05) is 48.0 Å². The second kappa shape index (κ2) is 7.72. The summed E-state index contributed by atoms with van der Waals surface area (Å²) in [6, 6.07) is 20.6. The number of thiophene rings is 1. The van der Waals surface area contributed by atoms with E-state index in [1.54, 1.807) is 23.7 Å². The summed E-state index contributed by atoms with van der Waals surface area (Å²) in [5.41, 5.74) is 4.60. The van der Waals surface area contributed by atoms with Crippen LogP contribution in [-0.4, -0.2) is 10.9 Å². The van der Waals surface area contributed by atoms with Crippen LogP contribution in [0.1, 0.15) is 31.9 Å². The third kappa shape index (κ3) is 3.91. The maximum Gasteiger partial charge on any atom is 0.261 e. The lowest BCUT2D eigenvalue weighted by atomic mass is 10.0. The Morgan fingerprint density at radius 3 is 2.48 bits per heavy atom. The van der Waals surface area contributed by atoms with Crippen molar-refractivity contribution >= 4 is 27.3 Å². The Labute approximate surface area is 162 Å². The van der Waals surface area contributed by atoms with Crippen LogP contribution >= 0.6 is 11.3 Å². The molecule has 0 spiro atoms. The van der Waals surface area contributed by atoms with Crippen molar-refractivity contribution in [2.24, 2.45) is 0 Å². The number of hydrogen-bond acceptors (Lipinski definition) is 3. The maximum atomic E-state index is 12.9. The van der Waals surface area contributed by atoms with E-state index >= 15 is 0 Å². The summed E-state index contributed by atoms with van der Waals surface area (Å²) in [6.45, 7) is 2.58. The van der Waals surface area contributed by atoms with Crippen LogP contribution in [0.5, 0.6) is 0 Å². The van der Waals surface area contributed by atoms with Gasteiger partial charge in [0, 0.05) is 23.6 Å². The van der Waals surface area contributed by atoms with Crippen molar-refractivity contribution in [2.45, 2.75) is 19.9 Å². The van der Waals surface area contributed by atoms with Gasteiger partial charge in [-0.15, -0.1) is 11.3 Å². The van der Waals surface area contributed by atoms with Crippen LogP contribution in [0.3, 0.4) is 0 Å². The van der Waals surface area contributed by atoms with Gasteiger partial charge in [-0.2, -0.15) is 0 Å². The van der Waals surface area contributed by atoms with E-state index in [4.69, 9.17) is 0 Å². The number of fused-ring (bicyclic) bond motifs is 1. The number of aromatic nitrogens is 1. The first-order valence-electron chi connectivity index (χ1n) is 8.94. The summed E-state index contributed by atoms with van der Waals surface area (Å²) in [5, 5.41) is 4.22. The first-order chi connectivity index (χ1) is 13.2. The molecule has 0 fully saturated rings. The number of aryl methyl sites for hydroxylation is 1. The Kier molecular flexibility index (Phi) is 4.99. The molecule has 134 valence electrons. The van der Waals surface area contributed by atoms with Crippen LogP contribution in [0.15, 0.2) is 73.1 Å². The van der Waals surface area contributed by atoms with Crippen LogP contribution in [0.4, 0.5) is 0 Å². The molecule has 0 radical (unpaired) electrons. The topological polar surface area (TPSA) is 42.0 Å². The lowest BCUT2D eigenvalue weighted by Gasteiger charge is -2.07. The highest BCUT2D eigenvalue weighted by atomic mass is 32.1. The van der Waals surface area contributed by atoms with E-state index in [1.165, 1.54) is 11.1 Å². The fraction of sp³-hybridized carbons (Fsp3) is 0.130. The van der Waals surface area contributed by atoms with Gasteiger partial charge in [0.25, 0.3) is 5.91 Å². The molecule has 1 amide bonds. The number of nitrogens with one attached hydrogen (secondary N) is 1. The second-order valence-electron chi connectivity index (χ2n) is 6.61. The molecule has 0 saturated heterocycles. The first-order valence-corrected chi connectivity index (χ1v) is 9.75. The quantitative estimate of drug-likeness (QED) is 0.528. The van der Waals surface area contributed by atoms with Gasteiger partial charge in [0.15, 0.2) is 0 Å².